The maximum atomic E-state index is 12.8. The number of likely N-dealkylation sites (tertiary alicyclic amines) is 1. The summed E-state index contributed by atoms with van der Waals surface area (Å²) in [5.74, 6) is -0.0217. The van der Waals surface area contributed by atoms with Crippen LogP contribution in [0.25, 0.3) is 0 Å². The van der Waals surface area contributed by atoms with Gasteiger partial charge in [-0.3, -0.25) is 19.7 Å². The summed E-state index contributed by atoms with van der Waals surface area (Å²) < 4.78 is 0.420. The normalized spacial score (nSPS) is 19.0. The van der Waals surface area contributed by atoms with Gasteiger partial charge in [-0.15, -0.1) is 11.3 Å². The first-order valence-corrected chi connectivity index (χ1v) is 9.99. The van der Waals surface area contributed by atoms with Crippen LogP contribution in [0.5, 0.6) is 0 Å². The molecule has 1 amide bonds. The molecule has 2 aromatic rings. The van der Waals surface area contributed by atoms with Crippen LogP contribution in [0.2, 0.25) is 4.47 Å². The van der Waals surface area contributed by atoms with Crippen molar-refractivity contribution in [3.8, 4) is 0 Å². The largest absolute Gasteiger partial charge is 0.336 e. The zero-order valence-electron chi connectivity index (χ0n) is 15.6. The van der Waals surface area contributed by atoms with Crippen LogP contribution in [0.1, 0.15) is 52.6 Å². The third kappa shape index (κ3) is 4.05. The molecule has 0 spiro atoms. The molecule has 0 aliphatic carbocycles. The molecule has 26 heavy (non-hydrogen) atoms. The summed E-state index contributed by atoms with van der Waals surface area (Å²) in [5.41, 5.74) is 2.35. The maximum Gasteiger partial charge on any atom is 0.273 e. The molecule has 8 heteroatoms. The minimum atomic E-state index is -0.0217. The highest BCUT2D eigenvalue weighted by molar-refractivity contribution is 7.15. The van der Waals surface area contributed by atoms with Gasteiger partial charge in [0.25, 0.3) is 5.91 Å². The highest BCUT2D eigenvalue weighted by Crippen LogP contribution is 2.27. The van der Waals surface area contributed by atoms with Crippen molar-refractivity contribution in [2.24, 2.45) is 0 Å². The molecule has 2 atom stereocenters. The number of halogens is 1. The van der Waals surface area contributed by atoms with E-state index in [4.69, 9.17) is 11.6 Å². The summed E-state index contributed by atoms with van der Waals surface area (Å²) in [6.07, 6.45) is 5.67. The van der Waals surface area contributed by atoms with E-state index in [-0.39, 0.29) is 18.0 Å². The number of amides is 1. The summed E-state index contributed by atoms with van der Waals surface area (Å²) in [5, 5.41) is 0. The van der Waals surface area contributed by atoms with Gasteiger partial charge in [0, 0.05) is 30.2 Å². The number of thiazole rings is 1. The molecule has 2 unspecified atom stereocenters. The molecule has 0 aromatic carbocycles. The lowest BCUT2D eigenvalue weighted by molar-refractivity contribution is 0.0549. The first-order valence-electron chi connectivity index (χ1n) is 8.79. The van der Waals surface area contributed by atoms with Crippen LogP contribution in [0, 0.1) is 13.8 Å². The van der Waals surface area contributed by atoms with E-state index in [2.05, 4.69) is 33.8 Å². The van der Waals surface area contributed by atoms with Crippen LogP contribution in [0.3, 0.4) is 0 Å². The second kappa shape index (κ2) is 7.98. The second-order valence-electron chi connectivity index (χ2n) is 6.84. The summed E-state index contributed by atoms with van der Waals surface area (Å²) in [7, 11) is 2.09. The first-order chi connectivity index (χ1) is 12.4. The Kier molecular flexibility index (Phi) is 5.89. The van der Waals surface area contributed by atoms with Gasteiger partial charge in [-0.25, -0.2) is 4.98 Å². The number of piperidine rings is 1. The molecule has 6 nitrogen and oxygen atoms in total. The van der Waals surface area contributed by atoms with Gasteiger partial charge in [0.2, 0.25) is 0 Å². The molecule has 1 fully saturated rings. The van der Waals surface area contributed by atoms with E-state index < -0.39 is 0 Å². The molecular formula is C18H24ClN5OS. The van der Waals surface area contributed by atoms with Gasteiger partial charge < -0.3 is 4.90 Å². The smallest absolute Gasteiger partial charge is 0.273 e. The molecule has 0 radical (unpaired) electrons. The van der Waals surface area contributed by atoms with Gasteiger partial charge >= 0.3 is 0 Å². The molecule has 0 N–H and O–H groups in total. The van der Waals surface area contributed by atoms with Gasteiger partial charge in [-0.1, -0.05) is 11.6 Å². The Bertz CT molecular complexity index is 778. The Balaban J connectivity index is 1.70. The average Bonchev–Trinajstić information content (AvgIpc) is 2.98. The number of hydrogen-bond acceptors (Lipinski definition) is 6. The van der Waals surface area contributed by atoms with Crippen LogP contribution in [0.4, 0.5) is 0 Å². The maximum absolute atomic E-state index is 12.8. The predicted molar refractivity (Wildman–Crippen MR) is 104 cm³/mol. The summed E-state index contributed by atoms with van der Waals surface area (Å²) in [4.78, 5) is 31.0. The van der Waals surface area contributed by atoms with Crippen molar-refractivity contribution < 1.29 is 4.79 Å². The Labute approximate surface area is 163 Å². The number of aryl methyl sites for hydroxylation is 2. The van der Waals surface area contributed by atoms with E-state index in [1.807, 2.05) is 24.9 Å². The van der Waals surface area contributed by atoms with Crippen molar-refractivity contribution in [3.63, 3.8) is 0 Å². The molecular weight excluding hydrogens is 370 g/mol. The average molecular weight is 394 g/mol. The quantitative estimate of drug-likeness (QED) is 0.795. The van der Waals surface area contributed by atoms with Crippen molar-refractivity contribution >= 4 is 28.8 Å². The number of nitrogens with zero attached hydrogens (tertiary/aromatic N) is 5. The first kappa shape index (κ1) is 19.2. The van der Waals surface area contributed by atoms with Crippen molar-refractivity contribution in [2.75, 3.05) is 20.1 Å². The monoisotopic (exact) mass is 393 g/mol. The lowest BCUT2D eigenvalue weighted by Crippen LogP contribution is -2.49. The Morgan fingerprint density at radius 1 is 1.38 bits per heavy atom. The third-order valence-electron chi connectivity index (χ3n) is 5.07. The topological polar surface area (TPSA) is 62.2 Å². The van der Waals surface area contributed by atoms with Crippen LogP contribution in [0.15, 0.2) is 12.4 Å². The minimum absolute atomic E-state index is 0.0217. The number of hydrogen-bond donors (Lipinski definition) is 0. The van der Waals surface area contributed by atoms with Gasteiger partial charge in [0.1, 0.15) is 5.69 Å². The van der Waals surface area contributed by atoms with E-state index in [0.29, 0.717) is 16.7 Å². The number of carbonyl (C=O) groups excluding carboxylic acids is 1. The molecule has 1 saturated heterocycles. The zero-order valence-corrected chi connectivity index (χ0v) is 17.1. The van der Waals surface area contributed by atoms with Crippen LogP contribution < -0.4 is 0 Å². The molecule has 1 aliphatic rings. The van der Waals surface area contributed by atoms with Gasteiger partial charge in [-0.05, 0) is 40.7 Å². The van der Waals surface area contributed by atoms with Gasteiger partial charge in [0.15, 0.2) is 4.47 Å². The minimum Gasteiger partial charge on any atom is -0.336 e. The Morgan fingerprint density at radius 2 is 2.15 bits per heavy atom. The molecule has 0 saturated carbocycles. The van der Waals surface area contributed by atoms with E-state index in [9.17, 15) is 4.79 Å². The summed E-state index contributed by atoms with van der Waals surface area (Å²) >= 11 is 7.32. The highest BCUT2D eigenvalue weighted by atomic mass is 35.5. The lowest BCUT2D eigenvalue weighted by Gasteiger charge is -2.39. The number of carbonyl (C=O) groups is 1. The van der Waals surface area contributed by atoms with Crippen molar-refractivity contribution in [3.05, 3.63) is 38.8 Å². The molecule has 140 valence electrons. The molecule has 2 aromatic heterocycles. The van der Waals surface area contributed by atoms with Crippen molar-refractivity contribution in [1.29, 1.82) is 0 Å². The fourth-order valence-corrected chi connectivity index (χ4v) is 4.38. The standard InChI is InChI=1S/C18H24ClN5OS/c1-11-8-21-15(9-20-11)12(2)23(4)14-6-5-7-24(10-14)17(25)16-13(3)26-18(19)22-16/h8-9,12,14H,5-7,10H2,1-4H3. The fraction of sp³-hybridized carbons (Fsp3) is 0.556. The van der Waals surface area contributed by atoms with Crippen molar-refractivity contribution in [1.82, 2.24) is 24.8 Å². The lowest BCUT2D eigenvalue weighted by atomic mass is 10.0. The number of aromatic nitrogens is 3. The van der Waals surface area contributed by atoms with E-state index in [1.54, 1.807) is 6.20 Å². The number of likely N-dealkylation sites (N-methyl/N-ethyl adjacent to an activating group) is 1. The SMILES string of the molecule is Cc1cnc(C(C)N(C)C2CCCN(C(=O)c3nc(Cl)sc3C)C2)cn1. The van der Waals surface area contributed by atoms with Crippen LogP contribution >= 0.6 is 22.9 Å². The molecule has 0 bridgehead atoms. The highest BCUT2D eigenvalue weighted by Gasteiger charge is 2.31. The molecule has 1 aliphatic heterocycles. The molecule has 3 rings (SSSR count). The molecule has 3 heterocycles. The zero-order chi connectivity index (χ0) is 18.8. The van der Waals surface area contributed by atoms with Crippen LogP contribution in [-0.4, -0.2) is 56.8 Å². The van der Waals surface area contributed by atoms with E-state index >= 15 is 0 Å². The van der Waals surface area contributed by atoms with E-state index in [0.717, 1.165) is 35.7 Å². The number of rotatable bonds is 4. The van der Waals surface area contributed by atoms with Gasteiger partial charge in [-0.2, -0.15) is 0 Å². The summed E-state index contributed by atoms with van der Waals surface area (Å²) in [6.45, 7) is 7.40. The van der Waals surface area contributed by atoms with Gasteiger partial charge in [0.05, 0.1) is 23.6 Å². The summed E-state index contributed by atoms with van der Waals surface area (Å²) in [6, 6.07) is 0.416. The Hall–Kier alpha value is -1.57. The fourth-order valence-electron chi connectivity index (χ4n) is 3.33. The third-order valence-corrected chi connectivity index (χ3v) is 6.15. The van der Waals surface area contributed by atoms with Crippen LogP contribution in [-0.2, 0) is 0 Å². The second-order valence-corrected chi connectivity index (χ2v) is 8.63. The van der Waals surface area contributed by atoms with Crippen molar-refractivity contribution in [2.45, 2.75) is 45.7 Å². The van der Waals surface area contributed by atoms with E-state index in [1.165, 1.54) is 11.3 Å². The predicted octanol–water partition coefficient (Wildman–Crippen LogP) is 3.50. The Morgan fingerprint density at radius 3 is 2.77 bits per heavy atom.